The van der Waals surface area contributed by atoms with E-state index in [1.165, 1.54) is 31.2 Å². The maximum Gasteiger partial charge on any atom is 0.242 e. The second kappa shape index (κ2) is 9.60. The first-order chi connectivity index (χ1) is 9.30. The highest BCUT2D eigenvalue weighted by molar-refractivity contribution is 5.57. The summed E-state index contributed by atoms with van der Waals surface area (Å²) >= 11 is 0. The Hall–Kier alpha value is -1.31. The van der Waals surface area contributed by atoms with Gasteiger partial charge in [-0.15, -0.1) is 0 Å². The van der Waals surface area contributed by atoms with Crippen LogP contribution >= 0.6 is 0 Å². The number of hydrogen-bond acceptors (Lipinski definition) is 2. The molecule has 0 spiro atoms. The molecule has 0 saturated heterocycles. The molecule has 0 bridgehead atoms. The van der Waals surface area contributed by atoms with E-state index in [0.717, 1.165) is 25.0 Å². The lowest BCUT2D eigenvalue weighted by molar-refractivity contribution is 0.247. The van der Waals surface area contributed by atoms with Crippen molar-refractivity contribution in [2.45, 2.75) is 64.9 Å². The third-order valence-electron chi connectivity index (χ3n) is 3.20. The van der Waals surface area contributed by atoms with Crippen LogP contribution in [0.25, 0.3) is 0 Å². The molecule has 1 atom stereocenters. The molecule has 2 nitrogen and oxygen atoms in total. The quantitative estimate of drug-likeness (QED) is 0.581. The lowest BCUT2D eigenvalue weighted by atomic mass is 10.1. The highest BCUT2D eigenvalue weighted by atomic mass is 16.5. The van der Waals surface area contributed by atoms with E-state index in [0.29, 0.717) is 0 Å². The average Bonchev–Trinajstić information content (AvgIpc) is 2.45. The van der Waals surface area contributed by atoms with E-state index in [1.807, 2.05) is 25.3 Å². The van der Waals surface area contributed by atoms with Crippen molar-refractivity contribution in [3.63, 3.8) is 0 Å². The molecule has 0 aliphatic carbocycles. The molecule has 0 heterocycles. The van der Waals surface area contributed by atoms with Gasteiger partial charge >= 0.3 is 0 Å². The molecule has 0 amide bonds. The zero-order chi connectivity index (χ0) is 13.9. The second-order valence-corrected chi connectivity index (χ2v) is 4.97. The normalized spacial score (nSPS) is 12.1. The van der Waals surface area contributed by atoms with E-state index in [1.54, 1.807) is 0 Å². The van der Waals surface area contributed by atoms with Crippen LogP contribution in [0.2, 0.25) is 0 Å². The molecular weight excluding hydrogens is 236 g/mol. The van der Waals surface area contributed by atoms with Gasteiger partial charge in [0.1, 0.15) is 5.75 Å². The molecule has 1 aromatic carbocycles. The summed E-state index contributed by atoms with van der Waals surface area (Å²) in [6.07, 6.45) is 9.42. The summed E-state index contributed by atoms with van der Waals surface area (Å²) in [5.74, 6) is 0.763. The van der Waals surface area contributed by atoms with E-state index in [-0.39, 0.29) is 0 Å². The van der Waals surface area contributed by atoms with Crippen LogP contribution < -0.4 is 4.74 Å². The van der Waals surface area contributed by atoms with Crippen LogP contribution in [0, 0.1) is 0 Å². The maximum atomic E-state index is 10.7. The molecule has 1 aromatic rings. The van der Waals surface area contributed by atoms with Crippen LogP contribution in [-0.2, 0) is 11.2 Å². The molecule has 0 N–H and O–H groups in total. The standard InChI is InChI=1S/C17H25O2/c1-3-5-6-7-9-15-10-12-16(13-11-15)19-17(14-18)8-4-2/h10-13,17H,3-9H2,1-2H3. The molecule has 19 heavy (non-hydrogen) atoms. The summed E-state index contributed by atoms with van der Waals surface area (Å²) in [5, 5.41) is 0. The number of ether oxygens (including phenoxy) is 1. The van der Waals surface area contributed by atoms with Crippen molar-refractivity contribution in [2.24, 2.45) is 0 Å². The minimum Gasteiger partial charge on any atom is -0.482 e. The lowest BCUT2D eigenvalue weighted by Crippen LogP contribution is -2.17. The molecular formula is C17H25O2. The van der Waals surface area contributed by atoms with E-state index in [9.17, 15) is 4.79 Å². The third-order valence-corrected chi connectivity index (χ3v) is 3.20. The van der Waals surface area contributed by atoms with E-state index in [4.69, 9.17) is 4.74 Å². The summed E-state index contributed by atoms with van der Waals surface area (Å²) in [5.41, 5.74) is 1.34. The van der Waals surface area contributed by atoms with Gasteiger partial charge in [-0.05, 0) is 37.0 Å². The van der Waals surface area contributed by atoms with E-state index >= 15 is 0 Å². The number of unbranched alkanes of at least 4 members (excludes halogenated alkanes) is 3. The van der Waals surface area contributed by atoms with Crippen LogP contribution in [0.15, 0.2) is 24.3 Å². The Bertz CT molecular complexity index is 343. The van der Waals surface area contributed by atoms with Crippen LogP contribution in [0.4, 0.5) is 0 Å². The van der Waals surface area contributed by atoms with Crippen molar-refractivity contribution in [3.8, 4) is 5.75 Å². The Balaban J connectivity index is 2.40. The van der Waals surface area contributed by atoms with Gasteiger partial charge in [0, 0.05) is 0 Å². The predicted octanol–water partition coefficient (Wildman–Crippen LogP) is 4.47. The summed E-state index contributed by atoms with van der Waals surface area (Å²) in [4.78, 5) is 10.7. The molecule has 0 aliphatic rings. The fourth-order valence-electron chi connectivity index (χ4n) is 2.06. The third kappa shape index (κ3) is 6.42. The number of carbonyl (C=O) groups excluding carboxylic acids is 1. The fourth-order valence-corrected chi connectivity index (χ4v) is 2.06. The van der Waals surface area contributed by atoms with Gasteiger partial charge in [0.2, 0.25) is 6.29 Å². The zero-order valence-electron chi connectivity index (χ0n) is 12.2. The Morgan fingerprint density at radius 1 is 1.05 bits per heavy atom. The van der Waals surface area contributed by atoms with Crippen molar-refractivity contribution in [1.82, 2.24) is 0 Å². The van der Waals surface area contributed by atoms with Gasteiger partial charge in [0.05, 0.1) is 0 Å². The maximum absolute atomic E-state index is 10.7. The molecule has 1 radical (unpaired) electrons. The summed E-state index contributed by atoms with van der Waals surface area (Å²) < 4.78 is 5.58. The monoisotopic (exact) mass is 261 g/mol. The molecule has 0 aliphatic heterocycles. The van der Waals surface area contributed by atoms with Crippen LogP contribution in [0.3, 0.4) is 0 Å². The van der Waals surface area contributed by atoms with Crippen molar-refractivity contribution < 1.29 is 9.53 Å². The Labute approximate surface area is 117 Å². The average molecular weight is 261 g/mol. The largest absolute Gasteiger partial charge is 0.482 e. The van der Waals surface area contributed by atoms with Gasteiger partial charge in [-0.1, -0.05) is 51.7 Å². The van der Waals surface area contributed by atoms with Crippen LogP contribution in [-0.4, -0.2) is 12.4 Å². The summed E-state index contributed by atoms with van der Waals surface area (Å²) in [6, 6.07) is 8.09. The Morgan fingerprint density at radius 2 is 1.79 bits per heavy atom. The summed E-state index contributed by atoms with van der Waals surface area (Å²) in [6.45, 7) is 4.26. The molecule has 1 rings (SSSR count). The van der Waals surface area contributed by atoms with Gasteiger partial charge in [0.25, 0.3) is 0 Å². The minimum atomic E-state index is -0.430. The smallest absolute Gasteiger partial charge is 0.242 e. The van der Waals surface area contributed by atoms with Gasteiger partial charge < -0.3 is 4.74 Å². The number of benzene rings is 1. The second-order valence-electron chi connectivity index (χ2n) is 4.97. The van der Waals surface area contributed by atoms with Gasteiger partial charge in [-0.2, -0.15) is 0 Å². The number of aryl methyl sites for hydroxylation is 1. The molecule has 0 fully saturated rings. The fraction of sp³-hybridized carbons (Fsp3) is 0.588. The van der Waals surface area contributed by atoms with Crippen LogP contribution in [0.5, 0.6) is 5.75 Å². The van der Waals surface area contributed by atoms with Gasteiger partial charge in [-0.25, -0.2) is 0 Å². The van der Waals surface area contributed by atoms with Crippen molar-refractivity contribution in [2.75, 3.05) is 0 Å². The van der Waals surface area contributed by atoms with Gasteiger partial charge in [-0.3, -0.25) is 4.79 Å². The first-order valence-electron chi connectivity index (χ1n) is 7.43. The molecule has 0 aromatic heterocycles. The summed E-state index contributed by atoms with van der Waals surface area (Å²) in [7, 11) is 0. The van der Waals surface area contributed by atoms with Crippen LogP contribution in [0.1, 0.15) is 57.9 Å². The molecule has 2 heteroatoms. The minimum absolute atomic E-state index is 0.430. The SMILES string of the molecule is CCCCCCc1ccc(OC([C]=O)CCC)cc1. The number of hydrogen-bond donors (Lipinski definition) is 0. The first kappa shape index (κ1) is 15.7. The molecule has 1 unspecified atom stereocenters. The number of rotatable bonds is 10. The highest BCUT2D eigenvalue weighted by Gasteiger charge is 2.08. The van der Waals surface area contributed by atoms with Crippen molar-refractivity contribution in [3.05, 3.63) is 29.8 Å². The molecule has 105 valence electrons. The Kier molecular flexibility index (Phi) is 7.95. The van der Waals surface area contributed by atoms with E-state index < -0.39 is 6.10 Å². The highest BCUT2D eigenvalue weighted by Crippen LogP contribution is 2.16. The molecule has 0 saturated carbocycles. The van der Waals surface area contributed by atoms with Crippen molar-refractivity contribution >= 4 is 6.29 Å². The first-order valence-corrected chi connectivity index (χ1v) is 7.43. The van der Waals surface area contributed by atoms with Crippen molar-refractivity contribution in [1.29, 1.82) is 0 Å². The zero-order valence-corrected chi connectivity index (χ0v) is 12.2. The lowest BCUT2D eigenvalue weighted by Gasteiger charge is -2.12. The topological polar surface area (TPSA) is 26.3 Å². The Morgan fingerprint density at radius 3 is 2.37 bits per heavy atom. The van der Waals surface area contributed by atoms with Gasteiger partial charge in [0.15, 0.2) is 6.10 Å². The predicted molar refractivity (Wildman–Crippen MR) is 79.3 cm³/mol. The van der Waals surface area contributed by atoms with E-state index in [2.05, 4.69) is 19.1 Å².